The summed E-state index contributed by atoms with van der Waals surface area (Å²) in [7, 11) is 0. The van der Waals surface area contributed by atoms with E-state index in [9.17, 15) is 9.59 Å². The minimum Gasteiger partial charge on any atom is -0.381 e. The number of amides is 2. The van der Waals surface area contributed by atoms with Gasteiger partial charge < -0.3 is 19.5 Å². The van der Waals surface area contributed by atoms with E-state index in [1.165, 1.54) is 0 Å². The van der Waals surface area contributed by atoms with Crippen molar-refractivity contribution in [3.63, 3.8) is 0 Å². The van der Waals surface area contributed by atoms with Gasteiger partial charge in [-0.25, -0.2) is 4.98 Å². The predicted molar refractivity (Wildman–Crippen MR) is 90.6 cm³/mol. The summed E-state index contributed by atoms with van der Waals surface area (Å²) in [5, 5.41) is 3.09. The van der Waals surface area contributed by atoms with Crippen LogP contribution in [0, 0.1) is 11.8 Å². The van der Waals surface area contributed by atoms with Crippen molar-refractivity contribution in [2.24, 2.45) is 11.8 Å². The largest absolute Gasteiger partial charge is 0.381 e. The molecule has 0 bridgehead atoms. The average molecular weight is 346 g/mol. The zero-order chi connectivity index (χ0) is 17.2. The zero-order valence-electron chi connectivity index (χ0n) is 14.5. The predicted octanol–water partition coefficient (Wildman–Crippen LogP) is 1.11. The first-order chi connectivity index (χ1) is 12.2. The highest BCUT2D eigenvalue weighted by atomic mass is 16.5. The topological polar surface area (TPSA) is 76.5 Å². The summed E-state index contributed by atoms with van der Waals surface area (Å²) >= 11 is 0. The van der Waals surface area contributed by atoms with E-state index in [0.29, 0.717) is 25.6 Å². The average Bonchev–Trinajstić information content (AvgIpc) is 3.06. The standard InChI is InChI=1S/C18H26N4O3/c23-17(20-8-13-4-6-25-7-5-13)16-11-21(18(24)14-2-1-3-14)10-15-9-19-12-22(15)16/h9,12-14,16H,1-8,10-11H2,(H,20,23)/t16-/m1/s1. The SMILES string of the molecule is O=C(NCC1CCOCC1)[C@H]1CN(C(=O)C2CCC2)Cc2cncn21. The number of imidazole rings is 1. The van der Waals surface area contributed by atoms with Crippen molar-refractivity contribution in [3.8, 4) is 0 Å². The Morgan fingerprint density at radius 2 is 2.04 bits per heavy atom. The molecule has 0 unspecified atom stereocenters. The first kappa shape index (κ1) is 16.6. The minimum atomic E-state index is -0.380. The van der Waals surface area contributed by atoms with Crippen molar-refractivity contribution >= 4 is 11.8 Å². The highest BCUT2D eigenvalue weighted by Gasteiger charge is 2.36. The van der Waals surface area contributed by atoms with Crippen LogP contribution in [0.5, 0.6) is 0 Å². The summed E-state index contributed by atoms with van der Waals surface area (Å²) in [5.41, 5.74) is 0.935. The molecule has 2 aliphatic heterocycles. The summed E-state index contributed by atoms with van der Waals surface area (Å²) in [6.45, 7) is 3.23. The molecule has 136 valence electrons. The van der Waals surface area contributed by atoms with Gasteiger partial charge in [0.15, 0.2) is 0 Å². The fourth-order valence-electron chi connectivity index (χ4n) is 3.90. The number of carbonyl (C=O) groups is 2. The summed E-state index contributed by atoms with van der Waals surface area (Å²) < 4.78 is 7.29. The van der Waals surface area contributed by atoms with Crippen molar-refractivity contribution in [1.82, 2.24) is 19.8 Å². The number of hydrogen-bond acceptors (Lipinski definition) is 4. The Morgan fingerprint density at radius 3 is 2.76 bits per heavy atom. The molecule has 1 N–H and O–H groups in total. The Balaban J connectivity index is 1.42. The molecule has 1 atom stereocenters. The van der Waals surface area contributed by atoms with Gasteiger partial charge in [0.05, 0.1) is 25.1 Å². The van der Waals surface area contributed by atoms with Crippen LogP contribution in [0.25, 0.3) is 0 Å². The lowest BCUT2D eigenvalue weighted by Gasteiger charge is -2.37. The van der Waals surface area contributed by atoms with Crippen LogP contribution >= 0.6 is 0 Å². The third-order valence-corrected chi connectivity index (χ3v) is 5.80. The Hall–Kier alpha value is -1.89. The van der Waals surface area contributed by atoms with Gasteiger partial charge in [-0.05, 0) is 31.6 Å². The maximum atomic E-state index is 12.8. The van der Waals surface area contributed by atoms with Crippen LogP contribution in [0.2, 0.25) is 0 Å². The molecular formula is C18H26N4O3. The molecule has 7 nitrogen and oxygen atoms in total. The lowest BCUT2D eigenvalue weighted by atomic mass is 9.84. The molecule has 1 saturated carbocycles. The molecule has 3 heterocycles. The maximum Gasteiger partial charge on any atom is 0.244 e. The van der Waals surface area contributed by atoms with Crippen molar-refractivity contribution in [2.45, 2.75) is 44.7 Å². The van der Waals surface area contributed by atoms with Crippen LogP contribution in [0.15, 0.2) is 12.5 Å². The number of nitrogens with zero attached hydrogens (tertiary/aromatic N) is 3. The Kier molecular flexibility index (Phi) is 4.74. The highest BCUT2D eigenvalue weighted by Crippen LogP contribution is 2.31. The molecule has 0 aromatic carbocycles. The van der Waals surface area contributed by atoms with Gasteiger partial charge in [-0.3, -0.25) is 9.59 Å². The van der Waals surface area contributed by atoms with Crippen molar-refractivity contribution in [1.29, 1.82) is 0 Å². The van der Waals surface area contributed by atoms with E-state index in [1.54, 1.807) is 12.5 Å². The molecule has 0 spiro atoms. The number of rotatable bonds is 4. The number of carbonyl (C=O) groups excluding carboxylic acids is 2. The molecular weight excluding hydrogens is 320 g/mol. The molecule has 1 saturated heterocycles. The summed E-state index contributed by atoms with van der Waals surface area (Å²) in [6, 6.07) is -0.380. The Bertz CT molecular complexity index is 634. The molecule has 0 radical (unpaired) electrons. The maximum absolute atomic E-state index is 12.8. The fraction of sp³-hybridized carbons (Fsp3) is 0.722. The fourth-order valence-corrected chi connectivity index (χ4v) is 3.90. The number of hydrogen-bond donors (Lipinski definition) is 1. The van der Waals surface area contributed by atoms with Gasteiger partial charge in [0.2, 0.25) is 11.8 Å². The number of nitrogens with one attached hydrogen (secondary N) is 1. The van der Waals surface area contributed by atoms with E-state index in [1.807, 2.05) is 9.47 Å². The third-order valence-electron chi connectivity index (χ3n) is 5.80. The second-order valence-corrected chi connectivity index (χ2v) is 7.46. The van der Waals surface area contributed by atoms with Crippen molar-refractivity contribution in [3.05, 3.63) is 18.2 Å². The molecule has 3 aliphatic rings. The van der Waals surface area contributed by atoms with Gasteiger partial charge in [-0.15, -0.1) is 0 Å². The first-order valence-corrected chi connectivity index (χ1v) is 9.37. The lowest BCUT2D eigenvalue weighted by Crippen LogP contribution is -2.49. The van der Waals surface area contributed by atoms with Crippen LogP contribution < -0.4 is 5.32 Å². The van der Waals surface area contributed by atoms with E-state index in [4.69, 9.17) is 4.74 Å². The van der Waals surface area contributed by atoms with Gasteiger partial charge in [-0.2, -0.15) is 0 Å². The van der Waals surface area contributed by atoms with Crippen LogP contribution in [0.4, 0.5) is 0 Å². The minimum absolute atomic E-state index is 0.0168. The molecule has 7 heteroatoms. The molecule has 25 heavy (non-hydrogen) atoms. The molecule has 4 rings (SSSR count). The lowest BCUT2D eigenvalue weighted by molar-refractivity contribution is -0.141. The monoisotopic (exact) mass is 346 g/mol. The highest BCUT2D eigenvalue weighted by molar-refractivity contribution is 5.84. The van der Waals surface area contributed by atoms with Crippen molar-refractivity contribution in [2.75, 3.05) is 26.3 Å². The van der Waals surface area contributed by atoms with E-state index in [-0.39, 0.29) is 23.8 Å². The Morgan fingerprint density at radius 1 is 1.24 bits per heavy atom. The molecule has 1 aromatic rings. The van der Waals surface area contributed by atoms with Crippen molar-refractivity contribution < 1.29 is 14.3 Å². The molecule has 1 aliphatic carbocycles. The normalized spacial score (nSPS) is 24.5. The van der Waals surface area contributed by atoms with Gasteiger partial charge in [0, 0.05) is 31.9 Å². The van der Waals surface area contributed by atoms with E-state index in [2.05, 4.69) is 10.3 Å². The Labute approximate surface area is 147 Å². The summed E-state index contributed by atoms with van der Waals surface area (Å²) in [5.74, 6) is 0.814. The van der Waals surface area contributed by atoms with Crippen LogP contribution in [0.1, 0.15) is 43.8 Å². The second kappa shape index (κ2) is 7.15. The van der Waals surface area contributed by atoms with Crippen LogP contribution in [-0.2, 0) is 20.9 Å². The quantitative estimate of drug-likeness (QED) is 0.886. The zero-order valence-corrected chi connectivity index (χ0v) is 14.5. The number of aromatic nitrogens is 2. The summed E-state index contributed by atoms with van der Waals surface area (Å²) in [6.07, 6.45) is 8.56. The molecule has 1 aromatic heterocycles. The van der Waals surface area contributed by atoms with Crippen LogP contribution in [-0.4, -0.2) is 52.6 Å². The van der Waals surface area contributed by atoms with Crippen LogP contribution in [0.3, 0.4) is 0 Å². The first-order valence-electron chi connectivity index (χ1n) is 9.37. The van der Waals surface area contributed by atoms with Gasteiger partial charge in [0.25, 0.3) is 0 Å². The van der Waals surface area contributed by atoms with Gasteiger partial charge in [0.1, 0.15) is 6.04 Å². The van der Waals surface area contributed by atoms with E-state index in [0.717, 1.165) is 51.0 Å². The third kappa shape index (κ3) is 3.42. The van der Waals surface area contributed by atoms with E-state index >= 15 is 0 Å². The van der Waals surface area contributed by atoms with Gasteiger partial charge in [-0.1, -0.05) is 6.42 Å². The summed E-state index contributed by atoms with van der Waals surface area (Å²) in [4.78, 5) is 31.5. The number of fused-ring (bicyclic) bond motifs is 1. The second-order valence-electron chi connectivity index (χ2n) is 7.46. The number of ether oxygens (including phenoxy) is 1. The van der Waals surface area contributed by atoms with E-state index < -0.39 is 0 Å². The van der Waals surface area contributed by atoms with Gasteiger partial charge >= 0.3 is 0 Å². The molecule has 2 amide bonds. The molecule has 2 fully saturated rings. The smallest absolute Gasteiger partial charge is 0.244 e.